The van der Waals surface area contributed by atoms with Gasteiger partial charge in [-0.15, -0.1) is 0 Å². The number of carbonyl (C=O) groups is 1. The van der Waals surface area contributed by atoms with E-state index in [1.807, 2.05) is 0 Å². The molecule has 0 atom stereocenters. The summed E-state index contributed by atoms with van der Waals surface area (Å²) in [5.74, 6) is -1.64. The van der Waals surface area contributed by atoms with Gasteiger partial charge in [-0.2, -0.15) is 0 Å². The highest BCUT2D eigenvalue weighted by Crippen LogP contribution is 2.35. The number of pyridine rings is 1. The molecular formula is C23H21BrF2N4O4. The first kappa shape index (κ1) is 24.0. The zero-order valence-corrected chi connectivity index (χ0v) is 19.7. The summed E-state index contributed by atoms with van der Waals surface area (Å²) in [6.45, 7) is 1.63. The van der Waals surface area contributed by atoms with Crippen LogP contribution >= 0.6 is 15.9 Å². The molecule has 1 aliphatic carbocycles. The van der Waals surface area contributed by atoms with Crippen LogP contribution in [0.25, 0.3) is 0 Å². The van der Waals surface area contributed by atoms with Crippen molar-refractivity contribution in [2.24, 2.45) is 0 Å². The molecule has 3 aromatic rings. The molecule has 0 unspecified atom stereocenters. The van der Waals surface area contributed by atoms with Crippen molar-refractivity contribution in [2.75, 3.05) is 0 Å². The number of halogens is 3. The van der Waals surface area contributed by atoms with E-state index < -0.39 is 28.7 Å². The van der Waals surface area contributed by atoms with Gasteiger partial charge in [-0.25, -0.2) is 8.78 Å². The molecule has 1 fully saturated rings. The van der Waals surface area contributed by atoms with E-state index in [9.17, 15) is 23.5 Å². The SMILES string of the molecule is Cc1[nH]c(=O)c(Br)c(OCc2ccc(F)cc2F)c1Cc1cnc(CNC(=O)C2(O)CC2)cn1. The number of ether oxygens (including phenoxy) is 1. The third-order valence-electron chi connectivity index (χ3n) is 5.51. The topological polar surface area (TPSA) is 117 Å². The maximum absolute atomic E-state index is 14.0. The third kappa shape index (κ3) is 5.31. The predicted octanol–water partition coefficient (Wildman–Crippen LogP) is 2.82. The lowest BCUT2D eigenvalue weighted by Gasteiger charge is -2.16. The van der Waals surface area contributed by atoms with Gasteiger partial charge in [0.25, 0.3) is 11.5 Å². The Morgan fingerprint density at radius 2 is 1.97 bits per heavy atom. The number of amides is 1. The number of hydrogen-bond acceptors (Lipinski definition) is 6. The molecule has 0 bridgehead atoms. The number of benzene rings is 1. The molecule has 8 nitrogen and oxygen atoms in total. The van der Waals surface area contributed by atoms with E-state index in [0.29, 0.717) is 35.5 Å². The Morgan fingerprint density at radius 3 is 2.62 bits per heavy atom. The standard InChI is InChI=1S/C23H21BrF2N4O4/c1-12-17(7-15-8-28-16(9-27-15)10-29-22(32)23(33)4-5-23)20(19(24)21(31)30-12)34-11-13-2-3-14(25)6-18(13)26/h2-3,6,8-9,33H,4-5,7,10-11H2,1H3,(H,29,32)(H,30,31). The van der Waals surface area contributed by atoms with Gasteiger partial charge >= 0.3 is 0 Å². The molecule has 0 saturated heterocycles. The van der Waals surface area contributed by atoms with Crippen LogP contribution < -0.4 is 15.6 Å². The van der Waals surface area contributed by atoms with Crippen molar-refractivity contribution in [3.05, 3.63) is 85.3 Å². The van der Waals surface area contributed by atoms with E-state index in [4.69, 9.17) is 4.74 Å². The fraction of sp³-hybridized carbons (Fsp3) is 0.304. The van der Waals surface area contributed by atoms with Crippen molar-refractivity contribution in [3.8, 4) is 5.75 Å². The summed E-state index contributed by atoms with van der Waals surface area (Å²) in [7, 11) is 0. The van der Waals surface area contributed by atoms with Crippen molar-refractivity contribution in [3.63, 3.8) is 0 Å². The molecule has 2 heterocycles. The van der Waals surface area contributed by atoms with Crippen molar-refractivity contribution in [2.45, 2.75) is 44.9 Å². The number of aliphatic hydroxyl groups is 1. The van der Waals surface area contributed by atoms with Crippen LogP contribution in [0.15, 0.2) is 39.9 Å². The van der Waals surface area contributed by atoms with Crippen molar-refractivity contribution in [1.82, 2.24) is 20.3 Å². The maximum atomic E-state index is 14.0. The monoisotopic (exact) mass is 534 g/mol. The number of carbonyl (C=O) groups excluding carboxylic acids is 1. The highest BCUT2D eigenvalue weighted by molar-refractivity contribution is 9.10. The molecule has 1 aliphatic rings. The van der Waals surface area contributed by atoms with Gasteiger partial charge in [-0.1, -0.05) is 0 Å². The Bertz CT molecular complexity index is 1290. The zero-order valence-electron chi connectivity index (χ0n) is 18.1. The second-order valence-electron chi connectivity index (χ2n) is 8.12. The van der Waals surface area contributed by atoms with Crippen LogP contribution in [0.3, 0.4) is 0 Å². The summed E-state index contributed by atoms with van der Waals surface area (Å²) in [6, 6.07) is 3.18. The van der Waals surface area contributed by atoms with Gasteiger partial charge in [0, 0.05) is 35.5 Å². The quantitative estimate of drug-likeness (QED) is 0.409. The van der Waals surface area contributed by atoms with Crippen LogP contribution in [0.5, 0.6) is 5.75 Å². The van der Waals surface area contributed by atoms with Crippen LogP contribution in [0.4, 0.5) is 8.78 Å². The molecule has 178 valence electrons. The number of nitrogens with one attached hydrogen (secondary N) is 2. The van der Waals surface area contributed by atoms with E-state index in [1.54, 1.807) is 6.92 Å². The fourth-order valence-corrected chi connectivity index (χ4v) is 3.74. The van der Waals surface area contributed by atoms with Gasteiger partial charge in [0.15, 0.2) is 0 Å². The summed E-state index contributed by atoms with van der Waals surface area (Å²) in [4.78, 5) is 35.5. The Hall–Kier alpha value is -3.18. The minimum Gasteiger partial charge on any atom is -0.487 e. The van der Waals surface area contributed by atoms with E-state index >= 15 is 0 Å². The second-order valence-corrected chi connectivity index (χ2v) is 8.91. The molecule has 34 heavy (non-hydrogen) atoms. The van der Waals surface area contributed by atoms with Crippen molar-refractivity contribution >= 4 is 21.8 Å². The van der Waals surface area contributed by atoms with Crippen molar-refractivity contribution < 1.29 is 23.4 Å². The Labute approximate surface area is 201 Å². The fourth-order valence-electron chi connectivity index (χ4n) is 3.28. The second kappa shape index (κ2) is 9.59. The van der Waals surface area contributed by atoms with E-state index in [1.165, 1.54) is 18.5 Å². The van der Waals surface area contributed by atoms with E-state index in [0.717, 1.165) is 12.1 Å². The van der Waals surface area contributed by atoms with Gasteiger partial charge in [-0.3, -0.25) is 19.6 Å². The largest absolute Gasteiger partial charge is 0.487 e. The molecule has 0 aliphatic heterocycles. The summed E-state index contributed by atoms with van der Waals surface area (Å²) in [5, 5.41) is 12.4. The van der Waals surface area contributed by atoms with Gasteiger partial charge in [0.2, 0.25) is 0 Å². The summed E-state index contributed by atoms with van der Waals surface area (Å²) < 4.78 is 33.1. The van der Waals surface area contributed by atoms with Gasteiger partial charge in [0.05, 0.1) is 24.1 Å². The van der Waals surface area contributed by atoms with E-state index in [2.05, 4.69) is 36.2 Å². The molecular weight excluding hydrogens is 514 g/mol. The Balaban J connectivity index is 1.50. The average molecular weight is 535 g/mol. The lowest BCUT2D eigenvalue weighted by molar-refractivity contribution is -0.131. The van der Waals surface area contributed by atoms with Crippen LogP contribution in [0.1, 0.15) is 41.1 Å². The third-order valence-corrected chi connectivity index (χ3v) is 6.23. The van der Waals surface area contributed by atoms with Crippen LogP contribution in [0, 0.1) is 18.6 Å². The van der Waals surface area contributed by atoms with Crippen LogP contribution in [-0.4, -0.2) is 31.6 Å². The number of hydrogen-bond donors (Lipinski definition) is 3. The number of aromatic amines is 1. The van der Waals surface area contributed by atoms with Crippen LogP contribution in [-0.2, 0) is 24.4 Å². The number of aromatic nitrogens is 3. The average Bonchev–Trinajstić information content (AvgIpc) is 3.56. The van der Waals surface area contributed by atoms with Gasteiger partial charge in [0.1, 0.15) is 34.1 Å². The summed E-state index contributed by atoms with van der Waals surface area (Å²) in [6.07, 6.45) is 4.21. The molecule has 11 heteroatoms. The summed E-state index contributed by atoms with van der Waals surface area (Å²) in [5.41, 5.74) is 0.707. The minimum absolute atomic E-state index is 0.134. The molecule has 0 spiro atoms. The molecule has 1 aromatic carbocycles. The molecule has 1 amide bonds. The summed E-state index contributed by atoms with van der Waals surface area (Å²) >= 11 is 3.23. The first-order chi connectivity index (χ1) is 16.2. The zero-order chi connectivity index (χ0) is 24.5. The first-order valence-electron chi connectivity index (χ1n) is 10.4. The number of aryl methyl sites for hydroxylation is 1. The Kier molecular flexibility index (Phi) is 6.76. The number of nitrogens with zero attached hydrogens (tertiary/aromatic N) is 2. The van der Waals surface area contributed by atoms with E-state index in [-0.39, 0.29) is 35.4 Å². The highest BCUT2D eigenvalue weighted by atomic mass is 79.9. The molecule has 1 saturated carbocycles. The normalized spacial score (nSPS) is 14.0. The lowest BCUT2D eigenvalue weighted by atomic mass is 10.1. The smallest absolute Gasteiger partial charge is 0.266 e. The molecule has 2 aromatic heterocycles. The molecule has 0 radical (unpaired) electrons. The molecule has 3 N–H and O–H groups in total. The molecule has 4 rings (SSSR count). The highest BCUT2D eigenvalue weighted by Gasteiger charge is 2.47. The minimum atomic E-state index is -1.25. The first-order valence-corrected chi connectivity index (χ1v) is 11.2. The van der Waals surface area contributed by atoms with Gasteiger partial charge in [-0.05, 0) is 47.8 Å². The maximum Gasteiger partial charge on any atom is 0.266 e. The van der Waals surface area contributed by atoms with Gasteiger partial charge < -0.3 is 20.1 Å². The Morgan fingerprint density at radius 1 is 1.26 bits per heavy atom. The number of H-pyrrole nitrogens is 1. The lowest BCUT2D eigenvalue weighted by Crippen LogP contribution is -2.35. The number of rotatable bonds is 8. The predicted molar refractivity (Wildman–Crippen MR) is 121 cm³/mol. The van der Waals surface area contributed by atoms with Crippen LogP contribution in [0.2, 0.25) is 0 Å². The van der Waals surface area contributed by atoms with Crippen molar-refractivity contribution in [1.29, 1.82) is 0 Å².